The van der Waals surface area contributed by atoms with Gasteiger partial charge in [0, 0.05) is 19.0 Å². The summed E-state index contributed by atoms with van der Waals surface area (Å²) >= 11 is 0. The van der Waals surface area contributed by atoms with Crippen LogP contribution in [0.5, 0.6) is 5.75 Å². The van der Waals surface area contributed by atoms with E-state index in [4.69, 9.17) is 4.74 Å². The van der Waals surface area contributed by atoms with Crippen molar-refractivity contribution in [2.24, 2.45) is 7.05 Å². The molecule has 25 heavy (non-hydrogen) atoms. The van der Waals surface area contributed by atoms with Crippen LogP contribution in [0.3, 0.4) is 0 Å². The molecule has 0 aliphatic carbocycles. The Kier molecular flexibility index (Phi) is 5.22. The monoisotopic (exact) mass is 351 g/mol. The van der Waals surface area contributed by atoms with Crippen molar-refractivity contribution in [3.63, 3.8) is 0 Å². The number of carbonyl (C=O) groups is 1. The van der Waals surface area contributed by atoms with Crippen molar-refractivity contribution in [1.82, 2.24) is 20.1 Å². The average molecular weight is 351 g/mol. The molecule has 7 nitrogen and oxygen atoms in total. The highest BCUT2D eigenvalue weighted by Gasteiger charge is 2.21. The predicted molar refractivity (Wildman–Crippen MR) is 86.3 cm³/mol. The van der Waals surface area contributed by atoms with Crippen LogP contribution in [0, 0.1) is 11.6 Å². The fourth-order valence-corrected chi connectivity index (χ4v) is 2.66. The highest BCUT2D eigenvalue weighted by atomic mass is 19.1. The molecule has 1 saturated heterocycles. The number of rotatable bonds is 5. The van der Waals surface area contributed by atoms with Crippen LogP contribution in [0.2, 0.25) is 0 Å². The van der Waals surface area contributed by atoms with Crippen LogP contribution in [0.15, 0.2) is 18.2 Å². The third-order valence-electron chi connectivity index (χ3n) is 3.99. The Balaban J connectivity index is 1.58. The standard InChI is InChI=1S/C16H19F2N5O2/c1-23-16(21-15(22-23)10-4-6-19-7-5-10)20-14(24)9-25-13-3-2-11(17)8-12(13)18/h2-3,8,10,19H,4-7,9H2,1H3,(H,20,21,22,24). The van der Waals surface area contributed by atoms with Gasteiger partial charge in [0.2, 0.25) is 5.95 Å². The first-order chi connectivity index (χ1) is 12.0. The zero-order valence-corrected chi connectivity index (χ0v) is 13.8. The van der Waals surface area contributed by atoms with Crippen LogP contribution in [0.25, 0.3) is 0 Å². The number of benzene rings is 1. The van der Waals surface area contributed by atoms with Gasteiger partial charge in [-0.15, -0.1) is 0 Å². The van der Waals surface area contributed by atoms with Gasteiger partial charge in [0.15, 0.2) is 24.0 Å². The van der Waals surface area contributed by atoms with Gasteiger partial charge in [-0.1, -0.05) is 0 Å². The number of halogens is 2. The zero-order valence-electron chi connectivity index (χ0n) is 13.8. The van der Waals surface area contributed by atoms with E-state index in [1.54, 1.807) is 7.05 Å². The van der Waals surface area contributed by atoms with E-state index in [2.05, 4.69) is 20.7 Å². The molecule has 1 aromatic heterocycles. The molecule has 9 heteroatoms. The van der Waals surface area contributed by atoms with Gasteiger partial charge in [0.25, 0.3) is 5.91 Å². The van der Waals surface area contributed by atoms with Crippen LogP contribution in [-0.4, -0.2) is 40.4 Å². The molecule has 0 spiro atoms. The van der Waals surface area contributed by atoms with Gasteiger partial charge in [-0.25, -0.2) is 13.5 Å². The summed E-state index contributed by atoms with van der Waals surface area (Å²) in [7, 11) is 1.69. The van der Waals surface area contributed by atoms with E-state index in [1.807, 2.05) is 0 Å². The number of nitrogens with zero attached hydrogens (tertiary/aromatic N) is 3. The van der Waals surface area contributed by atoms with E-state index >= 15 is 0 Å². The SMILES string of the molecule is Cn1nc(C2CCNCC2)nc1NC(=O)COc1ccc(F)cc1F. The first kappa shape index (κ1) is 17.3. The van der Waals surface area contributed by atoms with E-state index in [0.29, 0.717) is 17.8 Å². The molecule has 2 N–H and O–H groups in total. The second-order valence-electron chi connectivity index (χ2n) is 5.85. The Hall–Kier alpha value is -2.55. The minimum atomic E-state index is -0.861. The second kappa shape index (κ2) is 7.56. The fraction of sp³-hybridized carbons (Fsp3) is 0.438. The number of hydrogen-bond donors (Lipinski definition) is 2. The second-order valence-corrected chi connectivity index (χ2v) is 5.85. The first-order valence-corrected chi connectivity index (χ1v) is 8.02. The van der Waals surface area contributed by atoms with Crippen molar-refractivity contribution >= 4 is 11.9 Å². The van der Waals surface area contributed by atoms with E-state index in [1.165, 1.54) is 4.68 Å². The van der Waals surface area contributed by atoms with Crippen molar-refractivity contribution in [2.75, 3.05) is 25.0 Å². The maximum absolute atomic E-state index is 13.5. The zero-order chi connectivity index (χ0) is 17.8. The van der Waals surface area contributed by atoms with Gasteiger partial charge >= 0.3 is 0 Å². The summed E-state index contributed by atoms with van der Waals surface area (Å²) in [6.07, 6.45) is 1.90. The van der Waals surface area contributed by atoms with Gasteiger partial charge in [0.1, 0.15) is 5.82 Å². The molecule has 1 aliphatic heterocycles. The van der Waals surface area contributed by atoms with Crippen molar-refractivity contribution in [2.45, 2.75) is 18.8 Å². The Bertz CT molecular complexity index is 759. The van der Waals surface area contributed by atoms with E-state index in [-0.39, 0.29) is 11.7 Å². The number of ether oxygens (including phenoxy) is 1. The average Bonchev–Trinajstić information content (AvgIpc) is 2.95. The van der Waals surface area contributed by atoms with Gasteiger partial charge < -0.3 is 10.1 Å². The minimum absolute atomic E-state index is 0.190. The lowest BCUT2D eigenvalue weighted by Crippen LogP contribution is -2.27. The summed E-state index contributed by atoms with van der Waals surface area (Å²) in [6, 6.07) is 2.89. The number of amides is 1. The van der Waals surface area contributed by atoms with Crippen LogP contribution < -0.4 is 15.4 Å². The number of hydrogen-bond acceptors (Lipinski definition) is 5. The summed E-state index contributed by atoms with van der Waals surface area (Å²) in [5.41, 5.74) is 0. The normalized spacial score (nSPS) is 15.2. The minimum Gasteiger partial charge on any atom is -0.481 e. The highest BCUT2D eigenvalue weighted by Crippen LogP contribution is 2.23. The molecule has 0 atom stereocenters. The van der Waals surface area contributed by atoms with Crippen molar-refractivity contribution in [3.8, 4) is 5.75 Å². The molecule has 1 aliphatic rings. The van der Waals surface area contributed by atoms with Crippen molar-refractivity contribution in [3.05, 3.63) is 35.7 Å². The Labute approximate surface area is 143 Å². The van der Waals surface area contributed by atoms with Crippen LogP contribution >= 0.6 is 0 Å². The third kappa shape index (κ3) is 4.30. The molecule has 0 radical (unpaired) electrons. The molecule has 0 saturated carbocycles. The first-order valence-electron chi connectivity index (χ1n) is 8.02. The van der Waals surface area contributed by atoms with E-state index in [0.717, 1.165) is 38.1 Å². The van der Waals surface area contributed by atoms with Crippen molar-refractivity contribution in [1.29, 1.82) is 0 Å². The molecule has 3 rings (SSSR count). The molecule has 0 unspecified atom stereocenters. The van der Waals surface area contributed by atoms with Crippen LogP contribution in [-0.2, 0) is 11.8 Å². The third-order valence-corrected chi connectivity index (χ3v) is 3.99. The maximum Gasteiger partial charge on any atom is 0.264 e. The van der Waals surface area contributed by atoms with E-state index in [9.17, 15) is 13.6 Å². The number of aryl methyl sites for hydroxylation is 1. The molecule has 0 bridgehead atoms. The van der Waals surface area contributed by atoms with E-state index < -0.39 is 24.1 Å². The summed E-state index contributed by atoms with van der Waals surface area (Å²) < 4.78 is 32.9. The topological polar surface area (TPSA) is 81.1 Å². The smallest absolute Gasteiger partial charge is 0.264 e. The summed E-state index contributed by atoms with van der Waals surface area (Å²) in [5.74, 6) is -0.992. The molecule has 2 heterocycles. The van der Waals surface area contributed by atoms with Crippen LogP contribution in [0.4, 0.5) is 14.7 Å². The Morgan fingerprint density at radius 2 is 2.16 bits per heavy atom. The van der Waals surface area contributed by atoms with Crippen molar-refractivity contribution < 1.29 is 18.3 Å². The lowest BCUT2D eigenvalue weighted by Gasteiger charge is -2.19. The maximum atomic E-state index is 13.5. The molecule has 1 aromatic carbocycles. The Morgan fingerprint density at radius 3 is 2.88 bits per heavy atom. The molecular formula is C16H19F2N5O2. The summed E-state index contributed by atoms with van der Waals surface area (Å²) in [6.45, 7) is 1.42. The molecule has 2 aromatic rings. The summed E-state index contributed by atoms with van der Waals surface area (Å²) in [4.78, 5) is 16.3. The highest BCUT2D eigenvalue weighted by molar-refractivity contribution is 5.90. The molecular weight excluding hydrogens is 332 g/mol. The molecule has 1 amide bonds. The van der Waals surface area contributed by atoms with Crippen LogP contribution in [0.1, 0.15) is 24.6 Å². The van der Waals surface area contributed by atoms with Gasteiger partial charge in [-0.3, -0.25) is 10.1 Å². The molecule has 1 fully saturated rings. The number of piperidine rings is 1. The lowest BCUT2D eigenvalue weighted by atomic mass is 9.98. The predicted octanol–water partition coefficient (Wildman–Crippen LogP) is 1.58. The molecule has 134 valence electrons. The Morgan fingerprint density at radius 1 is 1.40 bits per heavy atom. The number of carbonyl (C=O) groups excluding carboxylic acids is 1. The number of nitrogens with one attached hydrogen (secondary N) is 2. The summed E-state index contributed by atoms with van der Waals surface area (Å²) in [5, 5.41) is 10.2. The van der Waals surface area contributed by atoms with Gasteiger partial charge in [-0.2, -0.15) is 10.1 Å². The van der Waals surface area contributed by atoms with Gasteiger partial charge in [0.05, 0.1) is 0 Å². The fourth-order valence-electron chi connectivity index (χ4n) is 2.66. The van der Waals surface area contributed by atoms with Gasteiger partial charge in [-0.05, 0) is 38.1 Å². The quantitative estimate of drug-likeness (QED) is 0.855. The lowest BCUT2D eigenvalue weighted by molar-refractivity contribution is -0.118. The number of anilines is 1. The number of aromatic nitrogens is 3. The largest absolute Gasteiger partial charge is 0.481 e.